The lowest BCUT2D eigenvalue weighted by atomic mass is 10.1. The Morgan fingerprint density at radius 3 is 2.35 bits per heavy atom. The van der Waals surface area contributed by atoms with Crippen LogP contribution in [0, 0.1) is 18.6 Å². The van der Waals surface area contributed by atoms with Crippen LogP contribution in [-0.4, -0.2) is 28.6 Å². The van der Waals surface area contributed by atoms with Crippen LogP contribution in [0.25, 0.3) is 5.69 Å². The Morgan fingerprint density at radius 1 is 1.03 bits per heavy atom. The van der Waals surface area contributed by atoms with Crippen LogP contribution in [-0.2, 0) is 11.0 Å². The maximum absolute atomic E-state index is 13.7. The molecule has 1 aromatic heterocycles. The van der Waals surface area contributed by atoms with Crippen molar-refractivity contribution in [2.45, 2.75) is 19.1 Å². The molecular formula is C22H17F5N4O3. The lowest BCUT2D eigenvalue weighted by Gasteiger charge is -2.18. The molecule has 2 N–H and O–H groups in total. The monoisotopic (exact) mass is 480 g/mol. The van der Waals surface area contributed by atoms with Crippen molar-refractivity contribution in [3.8, 4) is 5.69 Å². The predicted molar refractivity (Wildman–Crippen MR) is 110 cm³/mol. The Hall–Kier alpha value is -4.09. The average molecular weight is 480 g/mol. The molecule has 0 saturated heterocycles. The number of nitrogens with one attached hydrogen (secondary N) is 2. The van der Waals surface area contributed by atoms with E-state index in [1.54, 1.807) is 0 Å². The molecule has 0 fully saturated rings. The van der Waals surface area contributed by atoms with Gasteiger partial charge in [-0.15, -0.1) is 0 Å². The van der Waals surface area contributed by atoms with Crippen LogP contribution >= 0.6 is 0 Å². The highest BCUT2D eigenvalue weighted by Crippen LogP contribution is 2.30. The molecule has 12 heteroatoms. The molecule has 178 valence electrons. The zero-order valence-corrected chi connectivity index (χ0v) is 17.7. The van der Waals surface area contributed by atoms with Gasteiger partial charge in [0, 0.05) is 18.8 Å². The largest absolute Gasteiger partial charge is 0.416 e. The van der Waals surface area contributed by atoms with Crippen LogP contribution in [0.1, 0.15) is 33.4 Å². The minimum absolute atomic E-state index is 0.0650. The minimum atomic E-state index is -4.63. The number of hydrogen-bond acceptors (Lipinski definition) is 4. The molecule has 34 heavy (non-hydrogen) atoms. The third-order valence-corrected chi connectivity index (χ3v) is 4.80. The Kier molecular flexibility index (Phi) is 6.80. The van der Waals surface area contributed by atoms with E-state index in [1.807, 2.05) is 0 Å². The molecular weight excluding hydrogens is 463 g/mol. The van der Waals surface area contributed by atoms with Gasteiger partial charge in [0.05, 0.1) is 11.3 Å². The number of alkyl halides is 3. The quantitative estimate of drug-likeness (QED) is 0.549. The van der Waals surface area contributed by atoms with E-state index in [4.69, 9.17) is 0 Å². The van der Waals surface area contributed by atoms with Crippen molar-refractivity contribution in [3.05, 3.63) is 92.9 Å². The second kappa shape index (κ2) is 9.41. The maximum atomic E-state index is 13.7. The summed E-state index contributed by atoms with van der Waals surface area (Å²) in [6.45, 7) is 1.41. The second-order valence-corrected chi connectivity index (χ2v) is 7.15. The third kappa shape index (κ3) is 5.11. The Balaban J connectivity index is 2.02. The molecule has 0 radical (unpaired) electrons. The first-order valence-corrected chi connectivity index (χ1v) is 9.68. The zero-order valence-electron chi connectivity index (χ0n) is 17.7. The molecule has 0 bridgehead atoms. The molecule has 2 amide bonds. The Morgan fingerprint density at radius 2 is 1.74 bits per heavy atom. The van der Waals surface area contributed by atoms with E-state index in [-0.39, 0.29) is 16.9 Å². The summed E-state index contributed by atoms with van der Waals surface area (Å²) in [5.41, 5.74) is -2.58. The van der Waals surface area contributed by atoms with E-state index in [0.29, 0.717) is 6.07 Å². The van der Waals surface area contributed by atoms with Crippen molar-refractivity contribution in [2.75, 3.05) is 7.05 Å². The van der Waals surface area contributed by atoms with E-state index in [9.17, 15) is 36.3 Å². The van der Waals surface area contributed by atoms with E-state index in [2.05, 4.69) is 15.7 Å². The molecule has 7 nitrogen and oxygen atoms in total. The number of hydrogen-bond donors (Lipinski definition) is 2. The minimum Gasteiger partial charge on any atom is -0.357 e. The fourth-order valence-corrected chi connectivity index (χ4v) is 3.12. The number of rotatable bonds is 5. The summed E-state index contributed by atoms with van der Waals surface area (Å²) in [5, 5.41) is 8.37. The lowest BCUT2D eigenvalue weighted by molar-refractivity contribution is -0.137. The van der Waals surface area contributed by atoms with Crippen LogP contribution in [0.3, 0.4) is 0 Å². The molecule has 1 heterocycles. The summed E-state index contributed by atoms with van der Waals surface area (Å²) >= 11 is 0. The van der Waals surface area contributed by atoms with E-state index < -0.39 is 52.4 Å². The molecule has 1 atom stereocenters. The highest BCUT2D eigenvalue weighted by molar-refractivity contribution is 5.96. The smallest absolute Gasteiger partial charge is 0.357 e. The SMILES string of the molecule is CNC(=O)C(NC(=O)c1nn(-c2cccc(C(F)(F)F)c2)c(C)cc1=O)c1ccc(F)c(F)c1. The molecule has 1 unspecified atom stereocenters. The average Bonchev–Trinajstić information content (AvgIpc) is 2.78. The van der Waals surface area contributed by atoms with Gasteiger partial charge in [-0.2, -0.15) is 18.3 Å². The lowest BCUT2D eigenvalue weighted by Crippen LogP contribution is -2.41. The highest BCUT2D eigenvalue weighted by atomic mass is 19.4. The number of carbonyl (C=O) groups is 2. The number of halogens is 5. The zero-order chi connectivity index (χ0) is 25.2. The number of aryl methyl sites for hydroxylation is 1. The van der Waals surface area contributed by atoms with E-state index in [1.165, 1.54) is 20.0 Å². The molecule has 0 saturated carbocycles. The molecule has 3 aromatic rings. The summed E-state index contributed by atoms with van der Waals surface area (Å²) < 4.78 is 67.2. The topological polar surface area (TPSA) is 93.1 Å². The van der Waals surface area contributed by atoms with Gasteiger partial charge in [0.2, 0.25) is 11.3 Å². The number of aromatic nitrogens is 2. The van der Waals surface area contributed by atoms with Crippen LogP contribution in [0.15, 0.2) is 53.3 Å². The van der Waals surface area contributed by atoms with Crippen molar-refractivity contribution < 1.29 is 31.5 Å². The fourth-order valence-electron chi connectivity index (χ4n) is 3.12. The standard InChI is InChI=1S/C22H17F5N4O3/c1-11-8-17(32)19(30-31(11)14-5-3-4-13(10-14)22(25,26)27)21(34)29-18(20(33)28-2)12-6-7-15(23)16(24)9-12/h3-10,18H,1-2H3,(H,28,33)(H,29,34). The van der Waals surface area contributed by atoms with Gasteiger partial charge >= 0.3 is 6.18 Å². The highest BCUT2D eigenvalue weighted by Gasteiger charge is 2.31. The van der Waals surface area contributed by atoms with Crippen molar-refractivity contribution >= 4 is 11.8 Å². The normalized spacial score (nSPS) is 12.2. The first-order valence-electron chi connectivity index (χ1n) is 9.68. The van der Waals surface area contributed by atoms with Gasteiger partial charge < -0.3 is 10.6 Å². The first-order chi connectivity index (χ1) is 15.9. The predicted octanol–water partition coefficient (Wildman–Crippen LogP) is 3.06. The van der Waals surface area contributed by atoms with Gasteiger partial charge in [-0.25, -0.2) is 13.5 Å². The van der Waals surface area contributed by atoms with Gasteiger partial charge in [-0.05, 0) is 42.8 Å². The summed E-state index contributed by atoms with van der Waals surface area (Å²) in [4.78, 5) is 37.5. The summed E-state index contributed by atoms with van der Waals surface area (Å²) in [7, 11) is 1.24. The maximum Gasteiger partial charge on any atom is 0.416 e. The number of carbonyl (C=O) groups excluding carboxylic acids is 2. The fraction of sp³-hybridized carbons (Fsp3) is 0.182. The van der Waals surface area contributed by atoms with Crippen LogP contribution < -0.4 is 16.1 Å². The van der Waals surface area contributed by atoms with Gasteiger partial charge in [0.25, 0.3) is 5.91 Å². The summed E-state index contributed by atoms with van der Waals surface area (Å²) in [6.07, 6.45) is -4.63. The van der Waals surface area contributed by atoms with Crippen molar-refractivity contribution in [1.82, 2.24) is 20.4 Å². The number of likely N-dealkylation sites (N-methyl/N-ethyl adjacent to an activating group) is 1. The molecule has 0 spiro atoms. The van der Waals surface area contributed by atoms with Crippen molar-refractivity contribution in [1.29, 1.82) is 0 Å². The number of amides is 2. The molecule has 3 rings (SSSR count). The molecule has 0 aliphatic heterocycles. The molecule has 2 aromatic carbocycles. The van der Waals surface area contributed by atoms with Crippen molar-refractivity contribution in [2.24, 2.45) is 0 Å². The van der Waals surface area contributed by atoms with Gasteiger partial charge in [0.15, 0.2) is 17.3 Å². The number of benzene rings is 2. The molecule has 0 aliphatic carbocycles. The third-order valence-electron chi connectivity index (χ3n) is 4.80. The summed E-state index contributed by atoms with van der Waals surface area (Å²) in [5.74, 6) is -4.38. The molecule has 0 aliphatic rings. The van der Waals surface area contributed by atoms with Crippen LogP contribution in [0.5, 0.6) is 0 Å². The van der Waals surface area contributed by atoms with Gasteiger partial charge in [-0.1, -0.05) is 12.1 Å². The number of nitrogens with zero attached hydrogens (tertiary/aromatic N) is 2. The van der Waals surface area contributed by atoms with Crippen LogP contribution in [0.2, 0.25) is 0 Å². The van der Waals surface area contributed by atoms with E-state index in [0.717, 1.165) is 41.1 Å². The summed E-state index contributed by atoms with van der Waals surface area (Å²) in [6, 6.07) is 6.11. The van der Waals surface area contributed by atoms with Crippen molar-refractivity contribution in [3.63, 3.8) is 0 Å². The van der Waals surface area contributed by atoms with Crippen LogP contribution in [0.4, 0.5) is 22.0 Å². The van der Waals surface area contributed by atoms with Gasteiger partial charge in [-0.3, -0.25) is 14.4 Å². The second-order valence-electron chi connectivity index (χ2n) is 7.15. The Bertz CT molecular complexity index is 1320. The Labute approximate surface area is 189 Å². The van der Waals surface area contributed by atoms with E-state index >= 15 is 0 Å². The first kappa shape index (κ1) is 24.6. The van der Waals surface area contributed by atoms with Gasteiger partial charge in [0.1, 0.15) is 6.04 Å².